The van der Waals surface area contributed by atoms with Crippen LogP contribution in [0.1, 0.15) is 10.4 Å². The maximum Gasteiger partial charge on any atom is 0.269 e. The molecule has 3 aromatic rings. The highest BCUT2D eigenvalue weighted by Gasteiger charge is 2.14. The smallest absolute Gasteiger partial charge is 0.269 e. The van der Waals surface area contributed by atoms with Gasteiger partial charge in [0.25, 0.3) is 11.5 Å². The lowest BCUT2D eigenvalue weighted by molar-refractivity contribution is 0.0953. The van der Waals surface area contributed by atoms with Gasteiger partial charge in [-0.15, -0.1) is 0 Å². The number of hydrogen-bond acceptors (Lipinski definition) is 4. The van der Waals surface area contributed by atoms with Gasteiger partial charge in [-0.25, -0.2) is 4.57 Å². The van der Waals surface area contributed by atoms with Crippen LogP contribution in [0.2, 0.25) is 0 Å². The predicted molar refractivity (Wildman–Crippen MR) is 86.1 cm³/mol. The first-order valence-corrected chi connectivity index (χ1v) is 6.95. The van der Waals surface area contributed by atoms with Crippen molar-refractivity contribution >= 4 is 29.0 Å². The number of H-pyrrole nitrogens is 1. The molecule has 0 radical (unpaired) electrons. The van der Waals surface area contributed by atoms with Gasteiger partial charge >= 0.3 is 0 Å². The van der Waals surface area contributed by atoms with Crippen molar-refractivity contribution in [1.82, 2.24) is 9.55 Å². The van der Waals surface area contributed by atoms with Crippen molar-refractivity contribution in [3.63, 3.8) is 0 Å². The first kappa shape index (κ1) is 14.2. The number of benzene rings is 2. The monoisotopic (exact) mass is 312 g/mol. The first-order valence-electron chi connectivity index (χ1n) is 6.54. The van der Waals surface area contributed by atoms with Gasteiger partial charge in [-0.3, -0.25) is 9.59 Å². The van der Waals surface area contributed by atoms with Crippen LogP contribution in [0.5, 0.6) is 5.75 Å². The average Bonchev–Trinajstić information content (AvgIpc) is 2.55. The van der Waals surface area contributed by atoms with Crippen LogP contribution in [0.4, 0.5) is 0 Å². The van der Waals surface area contributed by atoms with Gasteiger partial charge in [-0.2, -0.15) is 0 Å². The normalized spacial score (nSPS) is 10.6. The second-order valence-corrected chi connectivity index (χ2v) is 5.04. The number of rotatable bonds is 2. The number of para-hydroxylation sites is 1. The van der Waals surface area contributed by atoms with E-state index in [1.807, 2.05) is 0 Å². The molecule has 0 atom stereocenters. The van der Waals surface area contributed by atoms with E-state index in [0.29, 0.717) is 22.2 Å². The molecule has 0 saturated carbocycles. The maximum atomic E-state index is 12.6. The standard InChI is InChI=1S/C16H12N2O3S/c1-21-11-8-6-10(7-9-11)14(19)18-15(20)12-4-2-3-5-13(12)17-16(18)22/h2-9H,1H3,(H,17,22). The quantitative estimate of drug-likeness (QED) is 0.739. The summed E-state index contributed by atoms with van der Waals surface area (Å²) in [6.45, 7) is 0. The predicted octanol–water partition coefficient (Wildman–Crippen LogP) is 2.76. The molecule has 0 amide bonds. The number of aromatic nitrogens is 2. The molecule has 3 rings (SSSR count). The summed E-state index contributed by atoms with van der Waals surface area (Å²) < 4.78 is 6.10. The van der Waals surface area contributed by atoms with Crippen molar-refractivity contribution in [2.75, 3.05) is 7.11 Å². The van der Waals surface area contributed by atoms with Crippen molar-refractivity contribution in [2.24, 2.45) is 0 Å². The lowest BCUT2D eigenvalue weighted by Crippen LogP contribution is -2.29. The fourth-order valence-corrected chi connectivity index (χ4v) is 2.49. The Morgan fingerprint density at radius 2 is 1.82 bits per heavy atom. The van der Waals surface area contributed by atoms with Crippen LogP contribution < -0.4 is 10.3 Å². The summed E-state index contributed by atoms with van der Waals surface area (Å²) in [6.07, 6.45) is 0. The number of methoxy groups -OCH3 is 1. The van der Waals surface area contributed by atoms with Gasteiger partial charge in [-0.05, 0) is 48.6 Å². The fourth-order valence-electron chi connectivity index (χ4n) is 2.21. The molecule has 1 N–H and O–H groups in total. The molecule has 0 bridgehead atoms. The van der Waals surface area contributed by atoms with Crippen LogP contribution in [0, 0.1) is 4.77 Å². The molecule has 0 saturated heterocycles. The molecule has 0 aliphatic carbocycles. The second kappa shape index (κ2) is 5.57. The molecule has 0 aliphatic rings. The molecule has 6 heteroatoms. The second-order valence-electron chi connectivity index (χ2n) is 4.65. The Morgan fingerprint density at radius 1 is 1.14 bits per heavy atom. The van der Waals surface area contributed by atoms with Crippen LogP contribution in [0.3, 0.4) is 0 Å². The summed E-state index contributed by atoms with van der Waals surface area (Å²) in [5.74, 6) is 0.159. The van der Waals surface area contributed by atoms with Gasteiger partial charge in [0.15, 0.2) is 4.77 Å². The number of nitrogens with zero attached hydrogens (tertiary/aromatic N) is 1. The van der Waals surface area contributed by atoms with Crippen molar-refractivity contribution < 1.29 is 9.53 Å². The van der Waals surface area contributed by atoms with Crippen LogP contribution >= 0.6 is 12.2 Å². The number of carbonyl (C=O) groups excluding carboxylic acids is 1. The zero-order valence-electron chi connectivity index (χ0n) is 11.7. The molecule has 2 aromatic carbocycles. The van der Waals surface area contributed by atoms with Gasteiger partial charge in [0.1, 0.15) is 5.75 Å². The van der Waals surface area contributed by atoms with Gasteiger partial charge in [0.2, 0.25) is 0 Å². The molecule has 0 fully saturated rings. The minimum absolute atomic E-state index is 0.0736. The first-order chi connectivity index (χ1) is 10.6. The number of carbonyl (C=O) groups is 1. The number of nitrogens with one attached hydrogen (secondary N) is 1. The third-order valence-electron chi connectivity index (χ3n) is 3.35. The van der Waals surface area contributed by atoms with Gasteiger partial charge in [0.05, 0.1) is 18.0 Å². The van der Waals surface area contributed by atoms with Crippen molar-refractivity contribution in [2.45, 2.75) is 0 Å². The third-order valence-corrected chi connectivity index (χ3v) is 3.63. The molecule has 0 spiro atoms. The van der Waals surface area contributed by atoms with Crippen LogP contribution in [0.15, 0.2) is 53.3 Å². The topological polar surface area (TPSA) is 64.1 Å². The zero-order valence-corrected chi connectivity index (χ0v) is 12.5. The summed E-state index contributed by atoms with van der Waals surface area (Å²) in [4.78, 5) is 28.0. The minimum Gasteiger partial charge on any atom is -0.497 e. The van der Waals surface area contributed by atoms with Crippen molar-refractivity contribution in [1.29, 1.82) is 0 Å². The molecule has 5 nitrogen and oxygen atoms in total. The minimum atomic E-state index is -0.473. The summed E-state index contributed by atoms with van der Waals surface area (Å²) in [6, 6.07) is 13.4. The van der Waals surface area contributed by atoms with Crippen LogP contribution in [0.25, 0.3) is 10.9 Å². The van der Waals surface area contributed by atoms with Gasteiger partial charge < -0.3 is 9.72 Å². The van der Waals surface area contributed by atoms with E-state index in [9.17, 15) is 9.59 Å². The van der Waals surface area contributed by atoms with E-state index >= 15 is 0 Å². The van der Waals surface area contributed by atoms with Crippen molar-refractivity contribution in [3.8, 4) is 5.75 Å². The molecule has 0 aliphatic heterocycles. The van der Waals surface area contributed by atoms with E-state index in [-0.39, 0.29) is 4.77 Å². The van der Waals surface area contributed by atoms with Crippen molar-refractivity contribution in [3.05, 3.63) is 69.2 Å². The van der Waals surface area contributed by atoms with E-state index < -0.39 is 11.5 Å². The Balaban J connectivity index is 2.18. The Bertz CT molecular complexity index is 971. The summed E-state index contributed by atoms with van der Waals surface area (Å²) in [5.41, 5.74) is 0.536. The Labute approximate surface area is 130 Å². The highest BCUT2D eigenvalue weighted by atomic mass is 32.1. The lowest BCUT2D eigenvalue weighted by atomic mass is 10.2. The van der Waals surface area contributed by atoms with E-state index in [4.69, 9.17) is 17.0 Å². The van der Waals surface area contributed by atoms with E-state index in [2.05, 4.69) is 4.98 Å². The van der Waals surface area contributed by atoms with Crippen LogP contribution in [-0.4, -0.2) is 22.6 Å². The molecule has 22 heavy (non-hydrogen) atoms. The number of hydrogen-bond donors (Lipinski definition) is 1. The average molecular weight is 312 g/mol. The Morgan fingerprint density at radius 3 is 2.50 bits per heavy atom. The van der Waals surface area contributed by atoms with Gasteiger partial charge in [-0.1, -0.05) is 12.1 Å². The molecule has 1 aromatic heterocycles. The van der Waals surface area contributed by atoms with E-state index in [1.54, 1.807) is 55.6 Å². The summed E-state index contributed by atoms with van der Waals surface area (Å²) in [5, 5.41) is 0.415. The summed E-state index contributed by atoms with van der Waals surface area (Å²) in [7, 11) is 1.54. The molecular weight excluding hydrogens is 300 g/mol. The molecule has 0 unspecified atom stereocenters. The molecule has 1 heterocycles. The Hall–Kier alpha value is -2.73. The number of ether oxygens (including phenoxy) is 1. The summed E-state index contributed by atoms with van der Waals surface area (Å²) >= 11 is 5.15. The highest BCUT2D eigenvalue weighted by molar-refractivity contribution is 7.71. The van der Waals surface area contributed by atoms with E-state index in [1.165, 1.54) is 0 Å². The maximum absolute atomic E-state index is 12.6. The number of fused-ring (bicyclic) bond motifs is 1. The Kier molecular flexibility index (Phi) is 3.60. The fraction of sp³-hybridized carbons (Fsp3) is 0.0625. The number of aromatic amines is 1. The lowest BCUT2D eigenvalue weighted by Gasteiger charge is -2.07. The zero-order chi connectivity index (χ0) is 15.7. The van der Waals surface area contributed by atoms with Crippen LogP contribution in [-0.2, 0) is 0 Å². The largest absolute Gasteiger partial charge is 0.497 e. The third kappa shape index (κ3) is 2.33. The highest BCUT2D eigenvalue weighted by Crippen LogP contribution is 2.13. The molecule has 110 valence electrons. The van der Waals surface area contributed by atoms with Gasteiger partial charge in [0, 0.05) is 5.56 Å². The SMILES string of the molecule is COc1ccc(C(=O)n2c(=S)[nH]c3ccccc3c2=O)cc1. The molecular formula is C16H12N2O3S. The van der Waals surface area contributed by atoms with E-state index in [0.717, 1.165) is 4.57 Å².